The van der Waals surface area contributed by atoms with Gasteiger partial charge in [0.25, 0.3) is 0 Å². The van der Waals surface area contributed by atoms with Crippen LogP contribution < -0.4 is 0 Å². The molecule has 1 aromatic heterocycles. The van der Waals surface area contributed by atoms with Gasteiger partial charge < -0.3 is 0 Å². The highest BCUT2D eigenvalue weighted by Crippen LogP contribution is 2.25. The number of nitrogens with zero attached hydrogens (tertiary/aromatic N) is 6. The Morgan fingerprint density at radius 2 is 0.838 bits per heavy atom. The molecule has 4 aliphatic rings. The van der Waals surface area contributed by atoms with E-state index >= 15 is 0 Å². The molecule has 1 aromatic rings. The lowest BCUT2D eigenvalue weighted by molar-refractivity contribution is -0.122. The van der Waals surface area contributed by atoms with Crippen LogP contribution in [0.25, 0.3) is 0 Å². The van der Waals surface area contributed by atoms with Crippen LogP contribution in [0, 0.1) is 33.0 Å². The van der Waals surface area contributed by atoms with Crippen LogP contribution in [0.1, 0.15) is 163 Å². The molecule has 2 atom stereocenters. The first-order chi connectivity index (χ1) is 34.1. The van der Waals surface area contributed by atoms with E-state index in [1.807, 2.05) is 151 Å². The fourth-order valence-electron chi connectivity index (χ4n) is 7.63. The van der Waals surface area contributed by atoms with Crippen molar-refractivity contribution < 1.29 is 28.4 Å². The lowest BCUT2D eigenvalue weighted by atomic mass is 9.90. The minimum Gasteiger partial charge on any atom is -0.300 e. The SMILES string of the molecule is CC(C)(C)C(=O)/C=C/CN1CCCC1.CC(C)(C)C(=O)/C=C/CN1CCCCC1.CC(C)(C)C(=O)/C=C/Cn1cccn1.CC1(F)CCN(C/C=C/C(=O)C(C)(C)C)C1.CC1CCN(C/C=C/C(=O)C(C)(C)C)C1. The Labute approximate surface area is 450 Å². The maximum atomic E-state index is 13.5. The fraction of sp³-hybridized carbons (Fsp3) is 0.710. The molecular formula is C62H105FN6O5. The lowest BCUT2D eigenvalue weighted by Crippen LogP contribution is -2.30. The Morgan fingerprint density at radius 3 is 1.14 bits per heavy atom. The average Bonchev–Trinajstić information content (AvgIpc) is 4.14. The van der Waals surface area contributed by atoms with Crippen molar-refractivity contribution in [3.8, 4) is 0 Å². The van der Waals surface area contributed by atoms with Gasteiger partial charge >= 0.3 is 0 Å². The number of likely N-dealkylation sites (tertiary alicyclic amines) is 4. The van der Waals surface area contributed by atoms with E-state index in [2.05, 4.69) is 26.7 Å². The summed E-state index contributed by atoms with van der Waals surface area (Å²) >= 11 is 0. The Bertz CT molecular complexity index is 1930. The summed E-state index contributed by atoms with van der Waals surface area (Å²) in [5.74, 6) is 1.74. The van der Waals surface area contributed by atoms with Gasteiger partial charge in [-0.25, -0.2) is 4.39 Å². The number of hydrogen-bond donors (Lipinski definition) is 0. The van der Waals surface area contributed by atoms with E-state index in [0.717, 1.165) is 32.1 Å². The zero-order valence-electron chi connectivity index (χ0n) is 49.8. The topological polar surface area (TPSA) is 116 Å². The third kappa shape index (κ3) is 31.8. The summed E-state index contributed by atoms with van der Waals surface area (Å²) in [4.78, 5) is 67.0. The maximum absolute atomic E-state index is 13.5. The van der Waals surface area contributed by atoms with E-state index in [1.54, 1.807) is 48.2 Å². The van der Waals surface area contributed by atoms with Gasteiger partial charge in [0.2, 0.25) is 0 Å². The second kappa shape index (κ2) is 32.6. The van der Waals surface area contributed by atoms with Crippen molar-refractivity contribution in [1.29, 1.82) is 0 Å². The van der Waals surface area contributed by atoms with Gasteiger partial charge in [-0.1, -0.05) is 148 Å². The minimum absolute atomic E-state index is 0.120. The summed E-state index contributed by atoms with van der Waals surface area (Å²) in [6.07, 6.45) is 30.2. The molecule has 420 valence electrons. The zero-order chi connectivity index (χ0) is 56.4. The molecule has 0 amide bonds. The van der Waals surface area contributed by atoms with Crippen molar-refractivity contribution in [2.45, 2.75) is 175 Å². The summed E-state index contributed by atoms with van der Waals surface area (Å²) in [5.41, 5.74) is -2.38. The summed E-state index contributed by atoms with van der Waals surface area (Å²) in [6.45, 7) is 45.4. The first-order valence-corrected chi connectivity index (χ1v) is 27.7. The number of allylic oxidation sites excluding steroid dienone is 6. The molecule has 0 N–H and O–H groups in total. The summed E-state index contributed by atoms with van der Waals surface area (Å²) in [7, 11) is 0. The number of aromatic nitrogens is 2. The molecule has 0 bridgehead atoms. The molecule has 0 aromatic carbocycles. The molecule has 4 fully saturated rings. The monoisotopic (exact) mass is 1030 g/mol. The first kappa shape index (κ1) is 68.0. The van der Waals surface area contributed by atoms with E-state index < -0.39 is 5.67 Å². The number of alkyl halides is 1. The molecule has 4 saturated heterocycles. The number of halogens is 1. The third-order valence-corrected chi connectivity index (χ3v) is 13.0. The van der Waals surface area contributed by atoms with Crippen LogP contribution in [0.4, 0.5) is 4.39 Å². The van der Waals surface area contributed by atoms with Gasteiger partial charge in [0.05, 0.1) is 6.54 Å². The van der Waals surface area contributed by atoms with Crippen LogP contribution in [0.15, 0.2) is 79.2 Å². The molecule has 5 heterocycles. The predicted octanol–water partition coefficient (Wildman–Crippen LogP) is 12.0. The Kier molecular flexibility index (Phi) is 30.0. The van der Waals surface area contributed by atoms with E-state index in [-0.39, 0.29) is 56.0 Å². The van der Waals surface area contributed by atoms with Gasteiger partial charge in [0, 0.05) is 85.3 Å². The van der Waals surface area contributed by atoms with Gasteiger partial charge in [-0.2, -0.15) is 5.10 Å². The number of carbonyl (C=O) groups excluding carboxylic acids is 5. The minimum atomic E-state index is -1.05. The number of hydrogen-bond acceptors (Lipinski definition) is 10. The van der Waals surface area contributed by atoms with Gasteiger partial charge in [0.1, 0.15) is 5.67 Å². The number of ketones is 5. The summed E-state index contributed by atoms with van der Waals surface area (Å²) in [5, 5.41) is 4.03. The highest BCUT2D eigenvalue weighted by atomic mass is 19.1. The van der Waals surface area contributed by atoms with Crippen molar-refractivity contribution in [1.82, 2.24) is 29.4 Å². The lowest BCUT2D eigenvalue weighted by Gasteiger charge is -2.24. The molecule has 12 heteroatoms. The van der Waals surface area contributed by atoms with E-state index in [0.29, 0.717) is 26.1 Å². The van der Waals surface area contributed by atoms with Crippen LogP contribution in [0.3, 0.4) is 0 Å². The zero-order valence-corrected chi connectivity index (χ0v) is 49.8. The largest absolute Gasteiger partial charge is 0.300 e. The van der Waals surface area contributed by atoms with E-state index in [1.165, 1.54) is 77.8 Å². The second-order valence-electron chi connectivity index (χ2n) is 26.2. The molecule has 11 nitrogen and oxygen atoms in total. The van der Waals surface area contributed by atoms with Gasteiger partial charge in [-0.3, -0.25) is 48.3 Å². The number of rotatable bonds is 15. The van der Waals surface area contributed by atoms with Gasteiger partial charge in [-0.05, 0) is 121 Å². The van der Waals surface area contributed by atoms with Crippen molar-refractivity contribution >= 4 is 28.9 Å². The van der Waals surface area contributed by atoms with Crippen LogP contribution in [0.5, 0.6) is 0 Å². The van der Waals surface area contributed by atoms with Crippen LogP contribution >= 0.6 is 0 Å². The molecule has 0 spiro atoms. The number of carbonyl (C=O) groups is 5. The van der Waals surface area contributed by atoms with Crippen LogP contribution in [0.2, 0.25) is 0 Å². The quantitative estimate of drug-likeness (QED) is 0.157. The Morgan fingerprint density at radius 1 is 0.500 bits per heavy atom. The smallest absolute Gasteiger partial charge is 0.160 e. The highest BCUT2D eigenvalue weighted by Gasteiger charge is 2.33. The molecule has 0 radical (unpaired) electrons. The molecule has 5 rings (SSSR count). The van der Waals surface area contributed by atoms with Crippen molar-refractivity contribution in [3.63, 3.8) is 0 Å². The molecular weight excluding hydrogens is 928 g/mol. The second-order valence-corrected chi connectivity index (χ2v) is 26.2. The van der Waals surface area contributed by atoms with E-state index in [4.69, 9.17) is 0 Å². The molecule has 2 unspecified atom stereocenters. The molecule has 4 aliphatic heterocycles. The van der Waals surface area contributed by atoms with Gasteiger partial charge in [0.15, 0.2) is 28.9 Å². The third-order valence-electron chi connectivity index (χ3n) is 13.0. The standard InChI is InChI=1S/C13H22FNO.2C13H23NO.C12H21NO.C11H16N2O/c1-12(2,3)11(16)6-5-8-15-9-7-13(4,14)10-15;1-11-7-9-14(10-11)8-5-6-12(15)13(2,3)4;1-13(2,3)12(15)8-7-11-14-9-5-4-6-10-14;1-12(2,3)11(14)7-6-10-13-8-4-5-9-13;1-11(2,3)10(14)6-4-8-13-9-5-7-12-13/h5-6H,7-10H2,1-4H3;5-6,11H,7-10H2,1-4H3;7-8H,4-6,9-11H2,1-3H3;6-7H,4-5,8-10H2,1-3H3;4-7,9H,8H2,1-3H3/b2*6-5+;8-7+;7-6+;6-4+. The summed E-state index contributed by atoms with van der Waals surface area (Å²) < 4.78 is 15.3. The predicted molar refractivity (Wildman–Crippen MR) is 307 cm³/mol. The fourth-order valence-corrected chi connectivity index (χ4v) is 7.63. The van der Waals surface area contributed by atoms with Crippen LogP contribution in [-0.2, 0) is 30.5 Å². The highest BCUT2D eigenvalue weighted by molar-refractivity contribution is 5.95. The molecule has 0 aliphatic carbocycles. The van der Waals surface area contributed by atoms with Crippen LogP contribution in [-0.4, -0.2) is 143 Å². The van der Waals surface area contributed by atoms with E-state index in [9.17, 15) is 28.4 Å². The van der Waals surface area contributed by atoms with Gasteiger partial charge in [-0.15, -0.1) is 0 Å². The van der Waals surface area contributed by atoms with Crippen molar-refractivity contribution in [3.05, 3.63) is 79.2 Å². The molecule has 0 saturated carbocycles. The van der Waals surface area contributed by atoms with Crippen molar-refractivity contribution in [2.75, 3.05) is 78.5 Å². The average molecular weight is 1030 g/mol. The Hall–Kier alpha value is -3.97. The van der Waals surface area contributed by atoms with Crippen molar-refractivity contribution in [2.24, 2.45) is 33.0 Å². The summed E-state index contributed by atoms with van der Waals surface area (Å²) in [6, 6.07) is 1.86. The molecule has 74 heavy (non-hydrogen) atoms. The normalized spacial score (nSPS) is 20.8. The maximum Gasteiger partial charge on any atom is 0.160 e. The first-order valence-electron chi connectivity index (χ1n) is 27.7. The number of piperidine rings is 1. The Balaban J connectivity index is 0.000000463.